The van der Waals surface area contributed by atoms with Gasteiger partial charge in [-0.05, 0) is 19.3 Å². The molecule has 0 aromatic rings. The quantitative estimate of drug-likeness (QED) is 0.449. The summed E-state index contributed by atoms with van der Waals surface area (Å²) in [5, 5.41) is 0. The first-order chi connectivity index (χ1) is 5.70. The fraction of sp³-hybridized carbons (Fsp3) is 0.778. The Kier molecular flexibility index (Phi) is 6.34. The first-order valence-electron chi connectivity index (χ1n) is 4.21. The van der Waals surface area contributed by atoms with Crippen LogP contribution in [0.3, 0.4) is 0 Å². The molecule has 0 saturated heterocycles. The monoisotopic (exact) mass is 171 g/mol. The van der Waals surface area contributed by atoms with Gasteiger partial charge in [0.1, 0.15) is 0 Å². The van der Waals surface area contributed by atoms with Gasteiger partial charge < -0.3 is 4.74 Å². The molecular weight excluding hydrogens is 156 g/mol. The zero-order chi connectivity index (χ0) is 9.40. The van der Waals surface area contributed by atoms with Gasteiger partial charge in [-0.2, -0.15) is 0 Å². The van der Waals surface area contributed by atoms with Crippen molar-refractivity contribution in [3.05, 3.63) is 0 Å². The van der Waals surface area contributed by atoms with Crippen molar-refractivity contribution in [1.29, 1.82) is 0 Å². The number of hydrogen-bond donors (Lipinski definition) is 0. The minimum atomic E-state index is -0.266. The lowest BCUT2D eigenvalue weighted by molar-refractivity contribution is -0.141. The molecule has 0 aromatic heterocycles. The molecule has 0 rings (SSSR count). The number of carbonyl (C=O) groups excluding carboxylic acids is 2. The van der Waals surface area contributed by atoms with E-state index in [1.54, 1.807) is 0 Å². The zero-order valence-corrected chi connectivity index (χ0v) is 7.63. The Morgan fingerprint density at radius 2 is 2.25 bits per heavy atom. The van der Waals surface area contributed by atoms with Gasteiger partial charge >= 0.3 is 5.97 Å². The number of hydrogen-bond acceptors (Lipinski definition) is 3. The van der Waals surface area contributed by atoms with Crippen LogP contribution in [0, 0.1) is 5.92 Å². The maximum Gasteiger partial charge on any atom is 0.302 e. The molecule has 1 unspecified atom stereocenters. The van der Waals surface area contributed by atoms with E-state index in [1.165, 1.54) is 6.92 Å². The Hall–Kier alpha value is -0.860. The van der Waals surface area contributed by atoms with Crippen molar-refractivity contribution in [1.82, 2.24) is 0 Å². The minimum Gasteiger partial charge on any atom is -0.466 e. The molecule has 3 nitrogen and oxygen atoms in total. The van der Waals surface area contributed by atoms with E-state index < -0.39 is 0 Å². The molecule has 1 atom stereocenters. The van der Waals surface area contributed by atoms with E-state index in [4.69, 9.17) is 4.74 Å². The van der Waals surface area contributed by atoms with Crippen LogP contribution in [0.1, 0.15) is 33.1 Å². The SMILES string of the molecule is CCC([C]=O)CCCOC(C)=O. The molecule has 0 aliphatic heterocycles. The molecular formula is C9H15O3. The summed E-state index contributed by atoms with van der Waals surface area (Å²) in [7, 11) is 0. The number of ether oxygens (including phenoxy) is 1. The number of esters is 1. The van der Waals surface area contributed by atoms with Gasteiger partial charge in [-0.25, -0.2) is 0 Å². The van der Waals surface area contributed by atoms with Gasteiger partial charge in [-0.15, -0.1) is 0 Å². The second-order valence-corrected chi connectivity index (χ2v) is 2.71. The molecule has 0 N–H and O–H groups in total. The van der Waals surface area contributed by atoms with Crippen LogP contribution >= 0.6 is 0 Å². The third-order valence-corrected chi connectivity index (χ3v) is 1.66. The van der Waals surface area contributed by atoms with Crippen molar-refractivity contribution >= 4 is 12.3 Å². The standard InChI is InChI=1S/C9H15O3/c1-3-9(7-10)5-4-6-12-8(2)11/h9H,3-6H2,1-2H3. The molecule has 12 heavy (non-hydrogen) atoms. The van der Waals surface area contributed by atoms with E-state index in [-0.39, 0.29) is 11.9 Å². The molecule has 0 aromatic carbocycles. The first-order valence-corrected chi connectivity index (χ1v) is 4.21. The number of rotatable bonds is 6. The van der Waals surface area contributed by atoms with Gasteiger partial charge in [0, 0.05) is 12.8 Å². The summed E-state index contributed by atoms with van der Waals surface area (Å²) >= 11 is 0. The van der Waals surface area contributed by atoms with Crippen molar-refractivity contribution in [2.24, 2.45) is 5.92 Å². The minimum absolute atomic E-state index is 0.000517. The summed E-state index contributed by atoms with van der Waals surface area (Å²) in [5.41, 5.74) is 0. The van der Waals surface area contributed by atoms with Crippen LogP contribution < -0.4 is 0 Å². The van der Waals surface area contributed by atoms with Crippen LogP contribution in [0.25, 0.3) is 0 Å². The van der Waals surface area contributed by atoms with Gasteiger partial charge in [-0.3, -0.25) is 9.59 Å². The largest absolute Gasteiger partial charge is 0.466 e. The van der Waals surface area contributed by atoms with Gasteiger partial charge in [0.05, 0.1) is 6.61 Å². The summed E-state index contributed by atoms with van der Waals surface area (Å²) in [6.45, 7) is 3.73. The predicted octanol–water partition coefficient (Wildman–Crippen LogP) is 1.47. The molecule has 69 valence electrons. The lowest BCUT2D eigenvalue weighted by Gasteiger charge is -2.05. The second kappa shape index (κ2) is 6.83. The molecule has 0 bridgehead atoms. The van der Waals surface area contributed by atoms with Gasteiger partial charge in [-0.1, -0.05) is 6.92 Å². The average Bonchev–Trinajstić information content (AvgIpc) is 2.04. The Balaban J connectivity index is 3.29. The predicted molar refractivity (Wildman–Crippen MR) is 45.3 cm³/mol. The van der Waals surface area contributed by atoms with Crippen LogP contribution in [0.4, 0.5) is 0 Å². The lowest BCUT2D eigenvalue weighted by Crippen LogP contribution is -2.05. The van der Waals surface area contributed by atoms with Gasteiger partial charge in [0.25, 0.3) is 0 Å². The van der Waals surface area contributed by atoms with Crippen molar-refractivity contribution in [2.45, 2.75) is 33.1 Å². The van der Waals surface area contributed by atoms with E-state index in [1.807, 2.05) is 13.2 Å². The van der Waals surface area contributed by atoms with Crippen molar-refractivity contribution < 1.29 is 14.3 Å². The molecule has 3 heteroatoms. The fourth-order valence-electron chi connectivity index (χ4n) is 0.892. The van der Waals surface area contributed by atoms with Crippen LogP contribution in [0.2, 0.25) is 0 Å². The highest BCUT2D eigenvalue weighted by Crippen LogP contribution is 2.07. The lowest BCUT2D eigenvalue weighted by atomic mass is 10.0. The van der Waals surface area contributed by atoms with E-state index in [0.29, 0.717) is 6.61 Å². The summed E-state index contributed by atoms with van der Waals surface area (Å²) in [6, 6.07) is 0. The zero-order valence-electron chi connectivity index (χ0n) is 7.63. The molecule has 0 heterocycles. The van der Waals surface area contributed by atoms with Crippen molar-refractivity contribution in [3.63, 3.8) is 0 Å². The van der Waals surface area contributed by atoms with E-state index in [9.17, 15) is 9.59 Å². The first kappa shape index (κ1) is 11.1. The Bertz CT molecular complexity index is 143. The summed E-state index contributed by atoms with van der Waals surface area (Å²) in [4.78, 5) is 20.6. The summed E-state index contributed by atoms with van der Waals surface area (Å²) in [6.07, 6.45) is 4.26. The molecule has 0 amide bonds. The van der Waals surface area contributed by atoms with Crippen molar-refractivity contribution in [2.75, 3.05) is 6.61 Å². The summed E-state index contributed by atoms with van der Waals surface area (Å²) in [5.74, 6) is -0.265. The Morgan fingerprint density at radius 3 is 2.67 bits per heavy atom. The highest BCUT2D eigenvalue weighted by Gasteiger charge is 2.04. The van der Waals surface area contributed by atoms with Gasteiger partial charge in [0.15, 0.2) is 0 Å². The summed E-state index contributed by atoms with van der Waals surface area (Å²) < 4.78 is 4.71. The maximum atomic E-state index is 10.3. The van der Waals surface area contributed by atoms with Crippen LogP contribution in [0.15, 0.2) is 0 Å². The molecule has 0 aliphatic rings. The van der Waals surface area contributed by atoms with Gasteiger partial charge in [0.2, 0.25) is 6.29 Å². The van der Waals surface area contributed by atoms with E-state index in [0.717, 1.165) is 19.3 Å². The highest BCUT2D eigenvalue weighted by atomic mass is 16.5. The third-order valence-electron chi connectivity index (χ3n) is 1.66. The third kappa shape index (κ3) is 5.89. The molecule has 1 radical (unpaired) electrons. The average molecular weight is 171 g/mol. The molecule has 0 aliphatic carbocycles. The van der Waals surface area contributed by atoms with E-state index in [2.05, 4.69) is 0 Å². The highest BCUT2D eigenvalue weighted by molar-refractivity contribution is 5.65. The Labute approximate surface area is 73.1 Å². The normalized spacial score (nSPS) is 12.2. The Morgan fingerprint density at radius 1 is 1.58 bits per heavy atom. The van der Waals surface area contributed by atoms with Crippen LogP contribution in [-0.2, 0) is 14.3 Å². The fourth-order valence-corrected chi connectivity index (χ4v) is 0.892. The van der Waals surface area contributed by atoms with Crippen LogP contribution in [-0.4, -0.2) is 18.9 Å². The maximum absolute atomic E-state index is 10.3. The molecule has 0 fully saturated rings. The van der Waals surface area contributed by atoms with E-state index >= 15 is 0 Å². The van der Waals surface area contributed by atoms with Crippen LogP contribution in [0.5, 0.6) is 0 Å². The number of carbonyl (C=O) groups is 1. The smallest absolute Gasteiger partial charge is 0.302 e. The second-order valence-electron chi connectivity index (χ2n) is 2.71. The van der Waals surface area contributed by atoms with Crippen molar-refractivity contribution in [3.8, 4) is 0 Å². The molecule has 0 spiro atoms. The topological polar surface area (TPSA) is 43.4 Å². The molecule has 0 saturated carbocycles.